The minimum Gasteiger partial charge on any atom is -0.507 e. The van der Waals surface area contributed by atoms with Gasteiger partial charge in [-0.2, -0.15) is 0 Å². The number of methoxy groups -OCH3 is 1. The normalized spacial score (nSPS) is 11.3. The molecule has 0 fully saturated rings. The topological polar surface area (TPSA) is 125 Å². The van der Waals surface area contributed by atoms with Gasteiger partial charge in [0.15, 0.2) is 0 Å². The Morgan fingerprint density at radius 2 is 1.55 bits per heavy atom. The molecular weight excluding hydrogens is 444 g/mol. The number of amides is 2. The molecule has 0 aliphatic rings. The van der Waals surface area contributed by atoms with Gasteiger partial charge in [-0.3, -0.25) is 9.59 Å². The Balaban J connectivity index is 1.57. The van der Waals surface area contributed by atoms with Crippen molar-refractivity contribution in [2.45, 2.75) is 17.1 Å². The minimum absolute atomic E-state index is 0.250. The van der Waals surface area contributed by atoms with E-state index < -0.39 is 11.2 Å². The summed E-state index contributed by atoms with van der Waals surface area (Å²) >= 11 is 1.31. The summed E-state index contributed by atoms with van der Waals surface area (Å²) in [4.78, 5) is 36.8. The Labute approximate surface area is 194 Å². The molecule has 0 saturated carbocycles. The highest BCUT2D eigenvalue weighted by atomic mass is 32.2. The Hall–Kier alpha value is -3.98. The first kappa shape index (κ1) is 23.7. The molecule has 3 aromatic rings. The lowest BCUT2D eigenvalue weighted by Gasteiger charge is -2.13. The molecule has 1 atom stereocenters. The van der Waals surface area contributed by atoms with Crippen LogP contribution in [0, 0.1) is 0 Å². The van der Waals surface area contributed by atoms with E-state index in [-0.39, 0.29) is 28.8 Å². The van der Waals surface area contributed by atoms with Crippen LogP contribution in [0.1, 0.15) is 27.6 Å². The zero-order valence-electron chi connectivity index (χ0n) is 17.9. The van der Waals surface area contributed by atoms with Gasteiger partial charge < -0.3 is 25.6 Å². The second-order valence-corrected chi connectivity index (χ2v) is 8.41. The van der Waals surface area contributed by atoms with Crippen LogP contribution in [-0.2, 0) is 4.79 Å². The van der Waals surface area contributed by atoms with Crippen molar-refractivity contribution in [2.24, 2.45) is 0 Å². The lowest BCUT2D eigenvalue weighted by Crippen LogP contribution is -2.22. The van der Waals surface area contributed by atoms with Crippen LogP contribution >= 0.6 is 11.8 Å². The third-order valence-electron chi connectivity index (χ3n) is 4.64. The molecule has 3 aromatic carbocycles. The summed E-state index contributed by atoms with van der Waals surface area (Å²) in [5.41, 5.74) is 1.10. The molecule has 170 valence electrons. The van der Waals surface area contributed by atoms with Crippen molar-refractivity contribution in [2.75, 3.05) is 17.7 Å². The number of carboxylic acid groups (broad SMARTS) is 1. The minimum atomic E-state index is -1.29. The highest BCUT2D eigenvalue weighted by Crippen LogP contribution is 2.27. The highest BCUT2D eigenvalue weighted by molar-refractivity contribution is 8.00. The fourth-order valence-electron chi connectivity index (χ4n) is 2.85. The number of benzene rings is 3. The molecule has 0 aliphatic carbocycles. The molecule has 0 heterocycles. The van der Waals surface area contributed by atoms with Crippen molar-refractivity contribution < 1.29 is 29.3 Å². The number of hydrogen-bond donors (Lipinski definition) is 4. The Bertz CT molecular complexity index is 1160. The van der Waals surface area contributed by atoms with Gasteiger partial charge in [-0.05, 0) is 73.7 Å². The molecule has 3 rings (SSSR count). The maximum absolute atomic E-state index is 12.5. The first-order valence-electron chi connectivity index (χ1n) is 9.86. The molecular formula is C24H22N2O6S. The number of carbonyl (C=O) groups is 3. The van der Waals surface area contributed by atoms with Gasteiger partial charge >= 0.3 is 5.97 Å². The van der Waals surface area contributed by atoms with Crippen molar-refractivity contribution in [3.05, 3.63) is 77.9 Å². The van der Waals surface area contributed by atoms with E-state index in [2.05, 4.69) is 10.6 Å². The second kappa shape index (κ2) is 10.6. The summed E-state index contributed by atoms with van der Waals surface area (Å²) in [6.45, 7) is 1.72. The van der Waals surface area contributed by atoms with Crippen LogP contribution in [0.25, 0.3) is 0 Å². The third kappa shape index (κ3) is 6.27. The largest absolute Gasteiger partial charge is 0.507 e. The molecule has 0 bridgehead atoms. The van der Waals surface area contributed by atoms with Crippen LogP contribution in [-0.4, -0.2) is 40.4 Å². The molecule has 33 heavy (non-hydrogen) atoms. The maximum atomic E-state index is 12.5. The standard InChI is InChI=1S/C24H22N2O6S/c1-14(22(28)26-17-7-12-21(27)20(13-17)24(30)31)33-19-10-5-16(6-11-19)25-23(29)15-3-8-18(32-2)9-4-15/h3-14,27H,1-2H3,(H,25,29)(H,26,28)(H,30,31). The van der Waals surface area contributed by atoms with E-state index in [1.54, 1.807) is 62.6 Å². The molecule has 0 radical (unpaired) electrons. The molecule has 1 unspecified atom stereocenters. The van der Waals surface area contributed by atoms with E-state index in [4.69, 9.17) is 9.84 Å². The van der Waals surface area contributed by atoms with Crippen LogP contribution in [0.4, 0.5) is 11.4 Å². The molecule has 9 heteroatoms. The quantitative estimate of drug-likeness (QED) is 0.285. The fraction of sp³-hybridized carbons (Fsp3) is 0.125. The molecule has 0 saturated heterocycles. The molecule has 0 aliphatic heterocycles. The Kier molecular flexibility index (Phi) is 7.57. The number of nitrogens with one attached hydrogen (secondary N) is 2. The molecule has 4 N–H and O–H groups in total. The van der Waals surface area contributed by atoms with Crippen LogP contribution in [0.5, 0.6) is 11.5 Å². The average molecular weight is 467 g/mol. The van der Waals surface area contributed by atoms with E-state index in [0.29, 0.717) is 17.0 Å². The smallest absolute Gasteiger partial charge is 0.339 e. The number of ether oxygens (including phenoxy) is 1. The number of carboxylic acids is 1. The lowest BCUT2D eigenvalue weighted by molar-refractivity contribution is -0.115. The number of phenols is 1. The highest BCUT2D eigenvalue weighted by Gasteiger charge is 2.17. The summed E-state index contributed by atoms with van der Waals surface area (Å²) in [6, 6.07) is 17.7. The van der Waals surface area contributed by atoms with Crippen molar-refractivity contribution >= 4 is 40.9 Å². The Morgan fingerprint density at radius 3 is 2.15 bits per heavy atom. The second-order valence-electron chi connectivity index (χ2n) is 6.99. The predicted octanol–water partition coefficient (Wildman–Crippen LogP) is 4.47. The van der Waals surface area contributed by atoms with Crippen molar-refractivity contribution in [3.8, 4) is 11.5 Å². The summed E-state index contributed by atoms with van der Waals surface area (Å²) in [5, 5.41) is 23.6. The van der Waals surface area contributed by atoms with Crippen LogP contribution in [0.3, 0.4) is 0 Å². The summed E-state index contributed by atoms with van der Waals surface area (Å²) in [7, 11) is 1.56. The van der Waals surface area contributed by atoms with Gasteiger partial charge in [0.2, 0.25) is 5.91 Å². The van der Waals surface area contributed by atoms with Gasteiger partial charge in [-0.25, -0.2) is 4.79 Å². The van der Waals surface area contributed by atoms with Gasteiger partial charge in [0.1, 0.15) is 17.1 Å². The zero-order valence-corrected chi connectivity index (χ0v) is 18.7. The molecule has 2 amide bonds. The van der Waals surface area contributed by atoms with Gasteiger partial charge in [-0.15, -0.1) is 11.8 Å². The lowest BCUT2D eigenvalue weighted by atomic mass is 10.2. The third-order valence-corrected chi connectivity index (χ3v) is 5.75. The number of aromatic carboxylic acids is 1. The van der Waals surface area contributed by atoms with Crippen LogP contribution < -0.4 is 15.4 Å². The van der Waals surface area contributed by atoms with Crippen LogP contribution in [0.2, 0.25) is 0 Å². The number of aromatic hydroxyl groups is 1. The van der Waals surface area contributed by atoms with Gasteiger partial charge in [-0.1, -0.05) is 0 Å². The molecule has 0 aromatic heterocycles. The van der Waals surface area contributed by atoms with Crippen LogP contribution in [0.15, 0.2) is 71.6 Å². The maximum Gasteiger partial charge on any atom is 0.339 e. The predicted molar refractivity (Wildman–Crippen MR) is 126 cm³/mol. The van der Waals surface area contributed by atoms with Crippen molar-refractivity contribution in [1.29, 1.82) is 0 Å². The van der Waals surface area contributed by atoms with Gasteiger partial charge in [0.05, 0.1) is 12.4 Å². The summed E-state index contributed by atoms with van der Waals surface area (Å²) < 4.78 is 5.09. The summed E-state index contributed by atoms with van der Waals surface area (Å²) in [5.74, 6) is -1.56. The van der Waals surface area contributed by atoms with E-state index in [1.165, 1.54) is 30.0 Å². The van der Waals surface area contributed by atoms with E-state index in [1.807, 2.05) is 0 Å². The molecule has 0 spiro atoms. The number of carbonyl (C=O) groups excluding carboxylic acids is 2. The number of rotatable bonds is 8. The fourth-order valence-corrected chi connectivity index (χ4v) is 3.72. The summed E-state index contributed by atoms with van der Waals surface area (Å²) in [6.07, 6.45) is 0. The zero-order chi connectivity index (χ0) is 24.0. The number of anilines is 2. The first-order valence-corrected chi connectivity index (χ1v) is 10.7. The Morgan fingerprint density at radius 1 is 0.909 bits per heavy atom. The first-order chi connectivity index (χ1) is 15.8. The monoisotopic (exact) mass is 466 g/mol. The number of hydrogen-bond acceptors (Lipinski definition) is 6. The van der Waals surface area contributed by atoms with Gasteiger partial charge in [0.25, 0.3) is 5.91 Å². The number of thioether (sulfide) groups is 1. The SMILES string of the molecule is COc1ccc(C(=O)Nc2ccc(SC(C)C(=O)Nc3ccc(O)c(C(=O)O)c3)cc2)cc1. The average Bonchev–Trinajstić information content (AvgIpc) is 2.81. The van der Waals surface area contributed by atoms with E-state index in [9.17, 15) is 19.5 Å². The van der Waals surface area contributed by atoms with Crippen molar-refractivity contribution in [3.63, 3.8) is 0 Å². The van der Waals surface area contributed by atoms with E-state index >= 15 is 0 Å². The van der Waals surface area contributed by atoms with Gasteiger partial charge in [0, 0.05) is 21.8 Å². The van der Waals surface area contributed by atoms with Crippen molar-refractivity contribution in [1.82, 2.24) is 0 Å². The van der Waals surface area contributed by atoms with E-state index in [0.717, 1.165) is 4.90 Å². The molecule has 8 nitrogen and oxygen atoms in total.